The molecular formula is C27H35FN5O5-. The second-order valence-electron chi connectivity index (χ2n) is 9.50. The first-order valence-corrected chi connectivity index (χ1v) is 12.9. The molecule has 0 spiro atoms. The van der Waals surface area contributed by atoms with E-state index in [1.807, 2.05) is 35.5 Å². The molecule has 1 amide bonds. The van der Waals surface area contributed by atoms with Gasteiger partial charge in [-0.2, -0.15) is 0 Å². The van der Waals surface area contributed by atoms with Crippen LogP contribution >= 0.6 is 0 Å². The summed E-state index contributed by atoms with van der Waals surface area (Å²) in [5.41, 5.74) is 15.5. The van der Waals surface area contributed by atoms with Gasteiger partial charge in [-0.15, -0.1) is 5.70 Å². The summed E-state index contributed by atoms with van der Waals surface area (Å²) in [4.78, 5) is 12.1. The molecule has 10 nitrogen and oxygen atoms in total. The van der Waals surface area contributed by atoms with E-state index >= 15 is 0 Å². The monoisotopic (exact) mass is 528 g/mol. The van der Waals surface area contributed by atoms with Gasteiger partial charge in [-0.25, -0.2) is 4.39 Å². The molecular weight excluding hydrogens is 493 g/mol. The van der Waals surface area contributed by atoms with E-state index in [9.17, 15) is 19.4 Å². The largest absolute Gasteiger partial charge is 0.602 e. The minimum absolute atomic E-state index is 0.134. The molecule has 0 saturated carbocycles. The summed E-state index contributed by atoms with van der Waals surface area (Å²) in [6.07, 6.45) is 5.08. The topological polar surface area (TPSA) is 143 Å². The first kappa shape index (κ1) is 27.6. The Labute approximate surface area is 221 Å². The maximum absolute atomic E-state index is 13.1. The van der Waals surface area contributed by atoms with E-state index in [0.29, 0.717) is 30.7 Å². The van der Waals surface area contributed by atoms with Crippen molar-refractivity contribution in [3.63, 3.8) is 0 Å². The fourth-order valence-electron chi connectivity index (χ4n) is 4.36. The summed E-state index contributed by atoms with van der Waals surface area (Å²) in [7, 11) is 0. The molecule has 0 aromatic heterocycles. The molecule has 0 radical (unpaired) electrons. The summed E-state index contributed by atoms with van der Waals surface area (Å²) >= 11 is 0. The average molecular weight is 529 g/mol. The highest BCUT2D eigenvalue weighted by molar-refractivity contribution is 5.93. The fraction of sp³-hybridized carbons (Fsp3) is 0.444. The number of anilines is 2. The number of halogens is 1. The molecule has 2 aliphatic heterocycles. The lowest BCUT2D eigenvalue weighted by Gasteiger charge is -2.32. The third-order valence-electron chi connectivity index (χ3n) is 6.38. The van der Waals surface area contributed by atoms with Crippen LogP contribution < -0.4 is 21.3 Å². The highest BCUT2D eigenvalue weighted by Gasteiger charge is 2.29. The molecule has 38 heavy (non-hydrogen) atoms. The van der Waals surface area contributed by atoms with Gasteiger partial charge in [0.05, 0.1) is 30.2 Å². The lowest BCUT2D eigenvalue weighted by atomic mass is 10.1. The van der Waals surface area contributed by atoms with Crippen LogP contribution in [0, 0.1) is 5.82 Å². The molecule has 2 aromatic carbocycles. The Morgan fingerprint density at radius 1 is 1.18 bits per heavy atom. The van der Waals surface area contributed by atoms with E-state index in [1.165, 1.54) is 18.2 Å². The minimum atomic E-state index is -0.600. The van der Waals surface area contributed by atoms with Crippen LogP contribution in [0.15, 0.2) is 48.7 Å². The predicted octanol–water partition coefficient (Wildman–Crippen LogP) is 3.64. The zero-order valence-electron chi connectivity index (χ0n) is 21.2. The molecule has 3 atom stereocenters. The van der Waals surface area contributed by atoms with Crippen molar-refractivity contribution in [1.29, 1.82) is 0 Å². The number of carbonyl (C=O) groups is 1. The number of nitrogens with two attached hydrogens (primary N) is 1. The Balaban J connectivity index is 1.13. The van der Waals surface area contributed by atoms with Crippen molar-refractivity contribution in [2.45, 2.75) is 63.4 Å². The van der Waals surface area contributed by atoms with Gasteiger partial charge in [0.2, 0.25) is 12.2 Å². The predicted molar refractivity (Wildman–Crippen MR) is 142 cm³/mol. The Morgan fingerprint density at radius 2 is 1.97 bits per heavy atom. The van der Waals surface area contributed by atoms with Crippen LogP contribution in [0.5, 0.6) is 5.75 Å². The second-order valence-corrected chi connectivity index (χ2v) is 9.50. The molecule has 2 heterocycles. The van der Waals surface area contributed by atoms with Crippen molar-refractivity contribution in [2.75, 3.05) is 24.2 Å². The van der Waals surface area contributed by atoms with E-state index in [1.54, 1.807) is 0 Å². The van der Waals surface area contributed by atoms with E-state index in [4.69, 9.17) is 15.2 Å². The molecule has 1 fully saturated rings. The molecule has 11 heteroatoms. The van der Waals surface area contributed by atoms with Crippen molar-refractivity contribution >= 4 is 23.0 Å². The van der Waals surface area contributed by atoms with Crippen LogP contribution in [-0.2, 0) is 9.53 Å². The van der Waals surface area contributed by atoms with Crippen LogP contribution in [0.25, 0.3) is 11.1 Å². The van der Waals surface area contributed by atoms with E-state index in [2.05, 4.69) is 16.3 Å². The third-order valence-corrected chi connectivity index (χ3v) is 6.38. The van der Waals surface area contributed by atoms with E-state index in [-0.39, 0.29) is 18.2 Å². The first-order chi connectivity index (χ1) is 18.4. The third kappa shape index (κ3) is 8.06. The van der Waals surface area contributed by atoms with E-state index in [0.717, 1.165) is 43.5 Å². The lowest BCUT2D eigenvalue weighted by molar-refractivity contribution is -0.184. The lowest BCUT2D eigenvalue weighted by Crippen LogP contribution is -2.40. The number of ether oxygens (including phenoxy) is 2. The van der Waals surface area contributed by atoms with Gasteiger partial charge in [0.15, 0.2) is 0 Å². The van der Waals surface area contributed by atoms with Crippen molar-refractivity contribution in [3.8, 4) is 5.75 Å². The summed E-state index contributed by atoms with van der Waals surface area (Å²) in [5, 5.41) is 23.9. The van der Waals surface area contributed by atoms with Gasteiger partial charge in [0, 0.05) is 32.0 Å². The molecule has 0 unspecified atom stereocenters. The van der Waals surface area contributed by atoms with Gasteiger partial charge in [0.1, 0.15) is 11.6 Å². The van der Waals surface area contributed by atoms with Crippen molar-refractivity contribution < 1.29 is 28.9 Å². The number of benzene rings is 2. The molecule has 206 valence electrons. The number of amides is 1. The molecule has 2 aromatic rings. The maximum Gasteiger partial charge on any atom is 0.224 e. The molecule has 4 rings (SSSR count). The van der Waals surface area contributed by atoms with E-state index < -0.39 is 24.3 Å². The number of nitrogens with one attached hydrogen (secondary N) is 2. The number of hydrogen-bond acceptors (Lipinski definition) is 8. The number of nitrogen functional groups attached to an aromatic ring is 1. The minimum Gasteiger partial charge on any atom is -0.602 e. The Bertz CT molecular complexity index is 1100. The first-order valence-electron chi connectivity index (χ1n) is 12.9. The van der Waals surface area contributed by atoms with Gasteiger partial charge >= 0.3 is 0 Å². The normalized spacial score (nSPS) is 21.1. The number of hydrazine groups is 1. The fourth-order valence-corrected chi connectivity index (χ4v) is 4.36. The van der Waals surface area contributed by atoms with Crippen LogP contribution in [-0.4, -0.2) is 52.8 Å². The zero-order valence-corrected chi connectivity index (χ0v) is 21.2. The van der Waals surface area contributed by atoms with Crippen molar-refractivity contribution in [1.82, 2.24) is 10.5 Å². The van der Waals surface area contributed by atoms with Crippen LogP contribution in [0.1, 0.15) is 50.5 Å². The number of rotatable bonds is 12. The van der Waals surface area contributed by atoms with Gasteiger partial charge in [-0.1, -0.05) is 25.0 Å². The Hall–Kier alpha value is -3.38. The highest BCUT2D eigenvalue weighted by Crippen LogP contribution is 2.28. The second kappa shape index (κ2) is 13.4. The van der Waals surface area contributed by atoms with Crippen LogP contribution in [0.3, 0.4) is 0 Å². The Morgan fingerprint density at radius 3 is 2.74 bits per heavy atom. The summed E-state index contributed by atoms with van der Waals surface area (Å²) in [6.45, 7) is 0.626. The summed E-state index contributed by atoms with van der Waals surface area (Å²) in [5.74, 6) is 0.0457. The van der Waals surface area contributed by atoms with Gasteiger partial charge in [0.25, 0.3) is 0 Å². The maximum atomic E-state index is 13.1. The Kier molecular flexibility index (Phi) is 9.77. The molecule has 1 saturated heterocycles. The smallest absolute Gasteiger partial charge is 0.224 e. The zero-order chi connectivity index (χ0) is 26.9. The quantitative estimate of drug-likeness (QED) is 0.208. The molecule has 2 aliphatic rings. The van der Waals surface area contributed by atoms with Gasteiger partial charge < -0.3 is 46.7 Å². The van der Waals surface area contributed by atoms with Crippen LogP contribution in [0.4, 0.5) is 15.8 Å². The number of carbonyl (C=O) groups excluding carboxylic acids is 1. The number of hydrogen-bond donors (Lipinski definition) is 5. The molecule has 6 N–H and O–H groups in total. The number of unbranched alkanes of at least 4 members (excludes halogenated alkanes) is 3. The number of aliphatic hydroxyl groups is 2. The molecule has 0 bridgehead atoms. The standard InChI is InChI=1S/C27H35FN5O5/c28-19-8-11-24(23(29)13-19)30-26(36)5-3-1-2-4-12-33-16-25(31-32-33)18-6-9-21(10-7-18)37-27-15-20(35)14-22(17-34)38-27/h6-11,13,16,20,22,27,32,34-35H,1-5,12,14-15,17,29H2,(H,30,36)/q-1/t20-,22-,27-/m0/s1. The van der Waals surface area contributed by atoms with Crippen LogP contribution in [0.2, 0.25) is 0 Å². The van der Waals surface area contributed by atoms with Gasteiger partial charge in [-0.05, 0) is 48.7 Å². The highest BCUT2D eigenvalue weighted by atomic mass is 19.1. The van der Waals surface area contributed by atoms with Gasteiger partial charge in [-0.3, -0.25) is 4.79 Å². The summed E-state index contributed by atoms with van der Waals surface area (Å²) in [6, 6.07) is 11.4. The summed E-state index contributed by atoms with van der Waals surface area (Å²) < 4.78 is 24.6. The van der Waals surface area contributed by atoms with Crippen molar-refractivity contribution in [2.24, 2.45) is 0 Å². The number of aliphatic hydroxyl groups excluding tert-OH is 2. The van der Waals surface area contributed by atoms with Crippen molar-refractivity contribution in [3.05, 3.63) is 65.5 Å². The molecule has 0 aliphatic carbocycles. The average Bonchev–Trinajstić information content (AvgIpc) is 3.37. The number of nitrogens with zero attached hydrogens (tertiary/aromatic N) is 2. The SMILES string of the molecule is Nc1cc(F)ccc1NC(=O)CCCCCCN1C=C(c2ccc(O[C@@H]3C[C@@H](O)C[C@@H](CO)O3)cc2)[N-]N1.